The first-order valence-corrected chi connectivity index (χ1v) is 13.5. The van der Waals surface area contributed by atoms with Gasteiger partial charge in [0.25, 0.3) is 0 Å². The lowest BCUT2D eigenvalue weighted by molar-refractivity contribution is -0.148. The molecule has 0 amide bonds. The smallest absolute Gasteiger partial charge is 0.310 e. The molecule has 0 aliphatic rings. The fourth-order valence-corrected chi connectivity index (χ4v) is 2.71. The number of aliphatic hydroxyl groups is 2. The van der Waals surface area contributed by atoms with E-state index >= 15 is 0 Å². The summed E-state index contributed by atoms with van der Waals surface area (Å²) in [6.07, 6.45) is 1.89. The monoisotopic (exact) mass is 566 g/mol. The zero-order valence-corrected chi connectivity index (χ0v) is 25.1. The van der Waals surface area contributed by atoms with E-state index in [2.05, 4.69) is 11.3 Å². The molecule has 224 valence electrons. The van der Waals surface area contributed by atoms with Gasteiger partial charge >= 0.3 is 11.9 Å². The number of carbonyl (C=O) groups excluding carboxylic acids is 3. The zero-order chi connectivity index (χ0) is 31.5. The van der Waals surface area contributed by atoms with Gasteiger partial charge in [-0.25, -0.2) is 0 Å². The Kier molecular flexibility index (Phi) is 24.9. The van der Waals surface area contributed by atoms with Crippen molar-refractivity contribution in [3.63, 3.8) is 0 Å². The van der Waals surface area contributed by atoms with Crippen LogP contribution in [0.15, 0.2) is 104 Å². The number of rotatable bonds is 7. The number of ether oxygens (including phenoxy) is 2. The quantitative estimate of drug-likeness (QED) is 0.173. The van der Waals surface area contributed by atoms with Crippen molar-refractivity contribution in [3.05, 3.63) is 121 Å². The Labute approximate surface area is 245 Å². The second-order valence-electron chi connectivity index (χ2n) is 8.32. The summed E-state index contributed by atoms with van der Waals surface area (Å²) in [4.78, 5) is 29.9. The Bertz CT molecular complexity index is 1010. The number of aliphatic hydroxyl groups excluding tert-OH is 2. The van der Waals surface area contributed by atoms with Crippen molar-refractivity contribution in [1.29, 1.82) is 0 Å². The van der Waals surface area contributed by atoms with Crippen LogP contribution >= 0.6 is 0 Å². The molecule has 0 aliphatic heterocycles. The van der Waals surface area contributed by atoms with E-state index in [1.165, 1.54) is 6.92 Å². The van der Waals surface area contributed by atoms with Crippen LogP contribution in [0, 0.1) is 0 Å². The fourth-order valence-electron chi connectivity index (χ4n) is 2.71. The van der Waals surface area contributed by atoms with E-state index in [4.69, 9.17) is 19.7 Å². The summed E-state index contributed by atoms with van der Waals surface area (Å²) in [5.41, 5.74) is 2.97. The molecule has 0 aromatic heterocycles. The molecular formula is C34H46O7. The van der Waals surface area contributed by atoms with Crippen LogP contribution < -0.4 is 0 Å². The van der Waals surface area contributed by atoms with Crippen LogP contribution in [-0.4, -0.2) is 28.4 Å². The SMILES string of the molecule is C=COC(=O)CC.CC(O)c1ccccc1.CC=O.CCC(=O)O[C@H](C)c1ccccc1.C[C@H](O)c1ccccc1. The normalized spacial score (nSPS) is 11.2. The van der Waals surface area contributed by atoms with Crippen molar-refractivity contribution in [1.82, 2.24) is 0 Å². The Balaban J connectivity index is 0. The van der Waals surface area contributed by atoms with E-state index in [9.17, 15) is 9.59 Å². The van der Waals surface area contributed by atoms with Gasteiger partial charge in [-0.15, -0.1) is 0 Å². The van der Waals surface area contributed by atoms with E-state index < -0.39 is 0 Å². The molecule has 0 radical (unpaired) electrons. The van der Waals surface area contributed by atoms with Crippen LogP contribution in [0.4, 0.5) is 0 Å². The van der Waals surface area contributed by atoms with Crippen LogP contribution in [0.1, 0.15) is 89.4 Å². The van der Waals surface area contributed by atoms with E-state index in [0.29, 0.717) is 12.8 Å². The van der Waals surface area contributed by atoms with Gasteiger partial charge in [0.15, 0.2) is 0 Å². The van der Waals surface area contributed by atoms with E-state index in [1.807, 2.05) is 97.9 Å². The first-order chi connectivity index (χ1) is 19.6. The lowest BCUT2D eigenvalue weighted by Crippen LogP contribution is -2.06. The van der Waals surface area contributed by atoms with Crippen LogP contribution in [-0.2, 0) is 23.9 Å². The summed E-state index contributed by atoms with van der Waals surface area (Å²) in [5, 5.41) is 18.0. The Morgan fingerprint density at radius 1 is 0.707 bits per heavy atom. The molecule has 3 atom stereocenters. The van der Waals surface area contributed by atoms with Crippen molar-refractivity contribution >= 4 is 18.2 Å². The molecule has 0 fully saturated rings. The highest BCUT2D eigenvalue weighted by Gasteiger charge is 2.08. The minimum atomic E-state index is -0.341. The van der Waals surface area contributed by atoms with Gasteiger partial charge in [-0.3, -0.25) is 9.59 Å². The molecule has 0 saturated carbocycles. The third-order valence-corrected chi connectivity index (χ3v) is 4.93. The lowest BCUT2D eigenvalue weighted by atomic mass is 10.1. The number of hydrogen-bond acceptors (Lipinski definition) is 7. The molecule has 7 nitrogen and oxygen atoms in total. The summed E-state index contributed by atoms with van der Waals surface area (Å²) >= 11 is 0. The van der Waals surface area contributed by atoms with Gasteiger partial charge in [-0.1, -0.05) is 111 Å². The minimum Gasteiger partial charge on any atom is -0.458 e. The molecule has 0 saturated heterocycles. The van der Waals surface area contributed by atoms with E-state index in [1.54, 1.807) is 27.7 Å². The van der Waals surface area contributed by atoms with Crippen molar-refractivity contribution < 1.29 is 34.1 Å². The third kappa shape index (κ3) is 22.4. The second-order valence-corrected chi connectivity index (χ2v) is 8.32. The molecule has 0 bridgehead atoms. The van der Waals surface area contributed by atoms with Crippen molar-refractivity contribution in [2.45, 2.75) is 72.7 Å². The predicted octanol–water partition coefficient (Wildman–Crippen LogP) is 7.47. The molecule has 1 unspecified atom stereocenters. The molecule has 3 rings (SSSR count). The molecule has 0 aliphatic carbocycles. The maximum atomic E-state index is 11.0. The highest BCUT2D eigenvalue weighted by Crippen LogP contribution is 2.16. The van der Waals surface area contributed by atoms with Gasteiger partial charge in [0.05, 0.1) is 18.5 Å². The van der Waals surface area contributed by atoms with Crippen LogP contribution in [0.3, 0.4) is 0 Å². The average molecular weight is 567 g/mol. The fraction of sp³-hybridized carbons (Fsp3) is 0.324. The lowest BCUT2D eigenvalue weighted by Gasteiger charge is -2.12. The van der Waals surface area contributed by atoms with Crippen molar-refractivity contribution in [2.24, 2.45) is 0 Å². The van der Waals surface area contributed by atoms with Crippen molar-refractivity contribution in [3.8, 4) is 0 Å². The molecule has 7 heteroatoms. The Morgan fingerprint density at radius 2 is 1.02 bits per heavy atom. The maximum Gasteiger partial charge on any atom is 0.310 e. The first-order valence-electron chi connectivity index (χ1n) is 13.5. The second kappa shape index (κ2) is 26.2. The van der Waals surface area contributed by atoms with E-state index in [-0.39, 0.29) is 30.3 Å². The predicted molar refractivity (Wildman–Crippen MR) is 164 cm³/mol. The molecule has 3 aromatic rings. The summed E-state index contributed by atoms with van der Waals surface area (Å²) in [6, 6.07) is 28.9. The number of aldehydes is 1. The summed E-state index contributed by atoms with van der Waals surface area (Å²) in [6.45, 7) is 13.6. The maximum absolute atomic E-state index is 11.0. The third-order valence-electron chi connectivity index (χ3n) is 4.93. The topological polar surface area (TPSA) is 110 Å². The zero-order valence-electron chi connectivity index (χ0n) is 25.1. The highest BCUT2D eigenvalue weighted by molar-refractivity contribution is 5.69. The van der Waals surface area contributed by atoms with Gasteiger partial charge in [0, 0.05) is 12.8 Å². The summed E-state index contributed by atoms with van der Waals surface area (Å²) in [5.74, 6) is -0.397. The highest BCUT2D eigenvalue weighted by atomic mass is 16.5. The molecule has 0 spiro atoms. The van der Waals surface area contributed by atoms with Crippen LogP contribution in [0.5, 0.6) is 0 Å². The van der Waals surface area contributed by atoms with Gasteiger partial charge in [0.2, 0.25) is 0 Å². The van der Waals surface area contributed by atoms with Gasteiger partial charge < -0.3 is 24.5 Å². The number of benzene rings is 3. The Hall–Kier alpha value is -4.07. The van der Waals surface area contributed by atoms with E-state index in [0.717, 1.165) is 29.2 Å². The molecule has 41 heavy (non-hydrogen) atoms. The van der Waals surface area contributed by atoms with Gasteiger partial charge in [-0.2, -0.15) is 0 Å². The largest absolute Gasteiger partial charge is 0.458 e. The van der Waals surface area contributed by atoms with Crippen LogP contribution in [0.25, 0.3) is 0 Å². The molecular weight excluding hydrogens is 520 g/mol. The van der Waals surface area contributed by atoms with Gasteiger partial charge in [0.1, 0.15) is 12.4 Å². The number of carbonyl (C=O) groups is 3. The summed E-state index contributed by atoms with van der Waals surface area (Å²) < 4.78 is 9.46. The molecule has 2 N–H and O–H groups in total. The average Bonchev–Trinajstić information content (AvgIpc) is 3.00. The van der Waals surface area contributed by atoms with Gasteiger partial charge in [-0.05, 0) is 44.4 Å². The number of esters is 2. The first kappa shape index (κ1) is 39.1. The van der Waals surface area contributed by atoms with Crippen LogP contribution in [0.2, 0.25) is 0 Å². The number of hydrogen-bond donors (Lipinski definition) is 2. The molecule has 0 heterocycles. The molecule has 3 aromatic carbocycles. The minimum absolute atomic E-state index is 0.145. The standard InChI is InChI=1S/C11H14O2.2C8H10O.C5H8O2.C2H4O/c1-3-11(12)13-9(2)10-7-5-4-6-8-10;2*1-7(9)8-5-3-2-4-6-8;1-3-5(6)7-4-2;1-2-3/h4-9H,3H2,1-2H3;2*2-7,9H,1H3;4H,2-3H2,1H3;2H,1H3/t9-;7-;;;/m10.../s1. The summed E-state index contributed by atoms with van der Waals surface area (Å²) in [7, 11) is 0. The Morgan fingerprint density at radius 3 is 1.24 bits per heavy atom. The van der Waals surface area contributed by atoms with Crippen molar-refractivity contribution in [2.75, 3.05) is 0 Å².